The van der Waals surface area contributed by atoms with Crippen molar-refractivity contribution in [3.63, 3.8) is 0 Å². The Morgan fingerprint density at radius 1 is 1.25 bits per heavy atom. The van der Waals surface area contributed by atoms with Crippen molar-refractivity contribution in [2.45, 2.75) is 44.6 Å². The van der Waals surface area contributed by atoms with Crippen LogP contribution in [0.1, 0.15) is 42.7 Å². The molecule has 5 nitrogen and oxygen atoms in total. The van der Waals surface area contributed by atoms with E-state index in [1.807, 2.05) is 17.0 Å². The number of aliphatic carboxylic acids is 1. The van der Waals surface area contributed by atoms with Gasteiger partial charge in [-0.25, -0.2) is 0 Å². The average molecular weight is 331 g/mol. The molecule has 1 aromatic carbocycles. The first kappa shape index (κ1) is 17.0. The highest BCUT2D eigenvalue weighted by atomic mass is 16.5. The molecule has 1 aliphatic carbocycles. The largest absolute Gasteiger partial charge is 0.481 e. The lowest BCUT2D eigenvalue weighted by atomic mass is 10.0. The average Bonchev–Trinajstić information content (AvgIpc) is 3.36. The third-order valence-electron chi connectivity index (χ3n) is 5.18. The molecule has 1 heterocycles. The highest BCUT2D eigenvalue weighted by Gasteiger charge is 2.47. The van der Waals surface area contributed by atoms with Crippen LogP contribution in [0.2, 0.25) is 0 Å². The monoisotopic (exact) mass is 331 g/mol. The molecule has 1 aromatic rings. The molecule has 0 bridgehead atoms. The summed E-state index contributed by atoms with van der Waals surface area (Å²) in [4.78, 5) is 25.8. The second kappa shape index (κ2) is 7.34. The first-order chi connectivity index (χ1) is 11.6. The molecule has 24 heavy (non-hydrogen) atoms. The second-order valence-electron chi connectivity index (χ2n) is 6.82. The zero-order valence-corrected chi connectivity index (χ0v) is 14.1. The van der Waals surface area contributed by atoms with Gasteiger partial charge in [0, 0.05) is 31.7 Å². The van der Waals surface area contributed by atoms with E-state index in [-0.39, 0.29) is 30.2 Å². The molecule has 0 aromatic heterocycles. The molecule has 3 rings (SSSR count). The van der Waals surface area contributed by atoms with Gasteiger partial charge in [0.2, 0.25) is 5.91 Å². The van der Waals surface area contributed by atoms with Crippen molar-refractivity contribution in [1.29, 1.82) is 0 Å². The van der Waals surface area contributed by atoms with Crippen LogP contribution in [-0.4, -0.2) is 47.7 Å². The molecule has 2 aliphatic rings. The van der Waals surface area contributed by atoms with Crippen LogP contribution in [0.3, 0.4) is 0 Å². The van der Waals surface area contributed by atoms with Gasteiger partial charge in [-0.05, 0) is 43.2 Å². The second-order valence-corrected chi connectivity index (χ2v) is 6.82. The van der Waals surface area contributed by atoms with E-state index in [9.17, 15) is 9.59 Å². The zero-order valence-electron chi connectivity index (χ0n) is 14.1. The van der Waals surface area contributed by atoms with Gasteiger partial charge >= 0.3 is 5.97 Å². The number of carboxylic acids is 1. The molecule has 1 saturated carbocycles. The van der Waals surface area contributed by atoms with Gasteiger partial charge in [0.05, 0.1) is 6.42 Å². The van der Waals surface area contributed by atoms with Crippen LogP contribution >= 0.6 is 0 Å². The van der Waals surface area contributed by atoms with Crippen LogP contribution in [-0.2, 0) is 14.3 Å². The van der Waals surface area contributed by atoms with E-state index >= 15 is 0 Å². The van der Waals surface area contributed by atoms with Crippen molar-refractivity contribution in [2.75, 3.05) is 19.8 Å². The van der Waals surface area contributed by atoms with E-state index in [1.54, 1.807) is 0 Å². The fourth-order valence-electron chi connectivity index (χ4n) is 3.71. The van der Waals surface area contributed by atoms with Crippen LogP contribution < -0.4 is 0 Å². The van der Waals surface area contributed by atoms with Crippen LogP contribution in [0, 0.1) is 12.8 Å². The normalized spacial score (nSPS) is 23.7. The van der Waals surface area contributed by atoms with E-state index in [2.05, 4.69) is 19.1 Å². The quantitative estimate of drug-likeness (QED) is 0.870. The molecule has 0 spiro atoms. The van der Waals surface area contributed by atoms with Crippen molar-refractivity contribution in [2.24, 2.45) is 5.92 Å². The Morgan fingerprint density at radius 3 is 2.62 bits per heavy atom. The lowest BCUT2D eigenvalue weighted by Crippen LogP contribution is -2.45. The van der Waals surface area contributed by atoms with Crippen molar-refractivity contribution in [1.82, 2.24) is 4.90 Å². The number of amides is 1. The smallest absolute Gasteiger partial charge is 0.305 e. The first-order valence-corrected chi connectivity index (χ1v) is 8.73. The minimum Gasteiger partial charge on any atom is -0.481 e. The molecule has 2 fully saturated rings. The van der Waals surface area contributed by atoms with Gasteiger partial charge in [-0.2, -0.15) is 0 Å². The Bertz CT molecular complexity index is 609. The number of ether oxygens (including phenoxy) is 1. The molecule has 0 radical (unpaired) electrons. The summed E-state index contributed by atoms with van der Waals surface area (Å²) in [6.07, 6.45) is 2.47. The van der Waals surface area contributed by atoms with E-state index in [0.717, 1.165) is 19.3 Å². The van der Waals surface area contributed by atoms with Crippen molar-refractivity contribution < 1.29 is 19.4 Å². The van der Waals surface area contributed by atoms with Gasteiger partial charge in [0.15, 0.2) is 0 Å². The number of aryl methyl sites for hydroxylation is 1. The molecule has 5 heteroatoms. The van der Waals surface area contributed by atoms with Crippen molar-refractivity contribution in [3.05, 3.63) is 35.4 Å². The lowest BCUT2D eigenvalue weighted by molar-refractivity contribution is -0.141. The number of carbonyl (C=O) groups is 2. The Morgan fingerprint density at radius 2 is 1.96 bits per heavy atom. The molecule has 1 aliphatic heterocycles. The molecule has 130 valence electrons. The Balaban J connectivity index is 1.69. The minimum atomic E-state index is -0.855. The molecular formula is C19H25NO4. The summed E-state index contributed by atoms with van der Waals surface area (Å²) >= 11 is 0. The fourth-order valence-corrected chi connectivity index (χ4v) is 3.71. The fraction of sp³-hybridized carbons (Fsp3) is 0.579. The first-order valence-electron chi connectivity index (χ1n) is 8.73. The maximum atomic E-state index is 13.0. The van der Waals surface area contributed by atoms with Crippen molar-refractivity contribution in [3.8, 4) is 0 Å². The number of benzene rings is 1. The predicted molar refractivity (Wildman–Crippen MR) is 89.8 cm³/mol. The predicted octanol–water partition coefficient (Wildman–Crippen LogP) is 2.58. The number of nitrogens with zero attached hydrogens (tertiary/aromatic N) is 1. The Kier molecular flexibility index (Phi) is 5.19. The summed E-state index contributed by atoms with van der Waals surface area (Å²) in [5.74, 6) is -0.448. The van der Waals surface area contributed by atoms with Gasteiger partial charge < -0.3 is 14.7 Å². The minimum absolute atomic E-state index is 0.00254. The van der Waals surface area contributed by atoms with Crippen molar-refractivity contribution >= 4 is 11.9 Å². The summed E-state index contributed by atoms with van der Waals surface area (Å²) in [6, 6.07) is 8.32. The number of hydrogen-bond donors (Lipinski definition) is 1. The van der Waals surface area contributed by atoms with E-state index < -0.39 is 5.97 Å². The maximum absolute atomic E-state index is 13.0. The standard InChI is InChI=1S/C19H25NO4/c1-13-4-2-3-5-15(13)16-12-17(16)19(23)20(9-6-18(21)22)14-7-10-24-11-8-14/h2-5,14,16-17H,6-12H2,1H3,(H,21,22)/t16-,17-/m1/s1. The number of rotatable bonds is 6. The summed E-state index contributed by atoms with van der Waals surface area (Å²) in [7, 11) is 0. The SMILES string of the molecule is Cc1ccccc1[C@H]1C[C@H]1C(=O)N(CCC(=O)O)C1CCOCC1. The molecule has 1 amide bonds. The van der Waals surface area contributed by atoms with E-state index in [4.69, 9.17) is 9.84 Å². The van der Waals surface area contributed by atoms with Crippen LogP contribution in [0.5, 0.6) is 0 Å². The molecular weight excluding hydrogens is 306 g/mol. The summed E-state index contributed by atoms with van der Waals surface area (Å²) in [5, 5.41) is 9.00. The third-order valence-corrected chi connectivity index (χ3v) is 5.18. The summed E-state index contributed by atoms with van der Waals surface area (Å²) in [6.45, 7) is 3.67. The zero-order chi connectivity index (χ0) is 17.1. The van der Waals surface area contributed by atoms with Gasteiger partial charge in [0.25, 0.3) is 0 Å². The van der Waals surface area contributed by atoms with Crippen LogP contribution in [0.4, 0.5) is 0 Å². The third kappa shape index (κ3) is 3.78. The van der Waals surface area contributed by atoms with Gasteiger partial charge in [-0.15, -0.1) is 0 Å². The van der Waals surface area contributed by atoms with Gasteiger partial charge in [-0.3, -0.25) is 9.59 Å². The Labute approximate surface area is 142 Å². The number of carboxylic acid groups (broad SMARTS) is 1. The van der Waals surface area contributed by atoms with E-state index in [1.165, 1.54) is 11.1 Å². The van der Waals surface area contributed by atoms with Gasteiger partial charge in [-0.1, -0.05) is 24.3 Å². The summed E-state index contributed by atoms with van der Waals surface area (Å²) < 4.78 is 5.38. The van der Waals surface area contributed by atoms with Crippen LogP contribution in [0.25, 0.3) is 0 Å². The van der Waals surface area contributed by atoms with E-state index in [0.29, 0.717) is 19.8 Å². The highest BCUT2D eigenvalue weighted by Crippen LogP contribution is 2.49. The number of carbonyl (C=O) groups excluding carboxylic acids is 1. The van der Waals surface area contributed by atoms with Crippen LogP contribution in [0.15, 0.2) is 24.3 Å². The van der Waals surface area contributed by atoms with Gasteiger partial charge in [0.1, 0.15) is 0 Å². The topological polar surface area (TPSA) is 66.8 Å². The molecule has 2 atom stereocenters. The molecule has 1 N–H and O–H groups in total. The lowest BCUT2D eigenvalue weighted by Gasteiger charge is -2.34. The Hall–Kier alpha value is -1.88. The summed E-state index contributed by atoms with van der Waals surface area (Å²) in [5.41, 5.74) is 2.47. The highest BCUT2D eigenvalue weighted by molar-refractivity contribution is 5.84. The molecule has 0 unspecified atom stereocenters. The maximum Gasteiger partial charge on any atom is 0.305 e. The number of hydrogen-bond acceptors (Lipinski definition) is 3. The molecule has 1 saturated heterocycles.